The maximum absolute atomic E-state index is 6.05. The van der Waals surface area contributed by atoms with E-state index in [1.807, 2.05) is 5.38 Å². The number of nitrogens with zero attached hydrogens (tertiary/aromatic N) is 1. The molecule has 1 aromatic heterocycles. The lowest BCUT2D eigenvalue weighted by Gasteiger charge is -2.08. The van der Waals surface area contributed by atoms with Gasteiger partial charge in [0.15, 0.2) is 0 Å². The van der Waals surface area contributed by atoms with Crippen molar-refractivity contribution < 1.29 is 4.74 Å². The van der Waals surface area contributed by atoms with Crippen molar-refractivity contribution in [3.63, 3.8) is 0 Å². The number of rotatable bonds is 2. The van der Waals surface area contributed by atoms with Gasteiger partial charge in [-0.25, -0.2) is 4.98 Å². The van der Waals surface area contributed by atoms with Gasteiger partial charge >= 0.3 is 0 Å². The molecule has 2 aromatic rings. The minimum atomic E-state index is 0.483. The lowest BCUT2D eigenvalue weighted by atomic mass is 10.2. The first kappa shape index (κ1) is 12.2. The Labute approximate surface area is 115 Å². The van der Waals surface area contributed by atoms with Gasteiger partial charge in [0.1, 0.15) is 15.4 Å². The maximum Gasteiger partial charge on any atom is 0.147 e. The fraction of sp³-hybridized carbons (Fsp3) is 0.100. The lowest BCUT2D eigenvalue weighted by Crippen LogP contribution is -1.89. The molecule has 0 amide bonds. The largest absolute Gasteiger partial charge is 0.494 e. The molecule has 2 nitrogen and oxygen atoms in total. The minimum Gasteiger partial charge on any atom is -0.494 e. The Hall–Kier alpha value is -0.290. The first-order chi connectivity index (χ1) is 7.61. The molecule has 0 aliphatic heterocycles. The summed E-state index contributed by atoms with van der Waals surface area (Å²) >= 11 is 16.8. The summed E-state index contributed by atoms with van der Waals surface area (Å²) in [6, 6.07) is 3.44. The van der Waals surface area contributed by atoms with Gasteiger partial charge in [-0.15, -0.1) is 11.3 Å². The highest BCUT2D eigenvalue weighted by atomic mass is 79.9. The van der Waals surface area contributed by atoms with Crippen LogP contribution in [0, 0.1) is 0 Å². The molecule has 1 heterocycles. The third-order valence-corrected chi connectivity index (χ3v) is 4.00. The van der Waals surface area contributed by atoms with Crippen LogP contribution in [0.4, 0.5) is 0 Å². The molecule has 0 bridgehead atoms. The van der Waals surface area contributed by atoms with E-state index < -0.39 is 0 Å². The summed E-state index contributed by atoms with van der Waals surface area (Å²) in [6.45, 7) is 0. The normalized spacial score (nSPS) is 10.5. The smallest absolute Gasteiger partial charge is 0.147 e. The van der Waals surface area contributed by atoms with Crippen molar-refractivity contribution in [3.8, 4) is 16.3 Å². The van der Waals surface area contributed by atoms with E-state index in [0.29, 0.717) is 15.8 Å². The van der Waals surface area contributed by atoms with Crippen molar-refractivity contribution in [2.24, 2.45) is 0 Å². The van der Waals surface area contributed by atoms with Gasteiger partial charge in [-0.3, -0.25) is 0 Å². The zero-order chi connectivity index (χ0) is 11.7. The summed E-state index contributed by atoms with van der Waals surface area (Å²) in [5.41, 5.74) is 0.802. The van der Waals surface area contributed by atoms with Crippen molar-refractivity contribution >= 4 is 50.5 Å². The van der Waals surface area contributed by atoms with Gasteiger partial charge in [-0.1, -0.05) is 23.2 Å². The third-order valence-electron chi connectivity index (χ3n) is 1.92. The van der Waals surface area contributed by atoms with E-state index in [0.717, 1.165) is 15.2 Å². The second kappa shape index (κ2) is 4.92. The molecule has 2 rings (SSSR count). The molecule has 0 fully saturated rings. The summed E-state index contributed by atoms with van der Waals surface area (Å²) in [6.07, 6.45) is 0. The predicted molar refractivity (Wildman–Crippen MR) is 71.8 cm³/mol. The van der Waals surface area contributed by atoms with Crippen molar-refractivity contribution in [2.45, 2.75) is 0 Å². The SMILES string of the molecule is COc1c(Cl)cc(Cl)cc1-c1nc(Br)cs1. The van der Waals surface area contributed by atoms with E-state index in [1.54, 1.807) is 19.2 Å². The van der Waals surface area contributed by atoms with Crippen LogP contribution in [0.15, 0.2) is 22.1 Å². The van der Waals surface area contributed by atoms with Crippen molar-refractivity contribution in [1.29, 1.82) is 0 Å². The molecule has 0 aliphatic rings. The highest BCUT2D eigenvalue weighted by Gasteiger charge is 2.14. The minimum absolute atomic E-state index is 0.483. The number of hydrogen-bond acceptors (Lipinski definition) is 3. The predicted octanol–water partition coefficient (Wildman–Crippen LogP) is 4.89. The third kappa shape index (κ3) is 2.35. The van der Waals surface area contributed by atoms with E-state index in [-0.39, 0.29) is 0 Å². The number of hydrogen-bond donors (Lipinski definition) is 0. The Bertz CT molecular complexity index is 530. The first-order valence-electron chi connectivity index (χ1n) is 4.26. The first-order valence-corrected chi connectivity index (χ1v) is 6.69. The standard InChI is InChI=1S/C10H6BrCl2NOS/c1-15-9-6(2-5(12)3-7(9)13)10-14-8(11)4-16-10/h2-4H,1H3. The van der Waals surface area contributed by atoms with Gasteiger partial charge in [-0.2, -0.15) is 0 Å². The number of halogens is 3. The average Bonchev–Trinajstić information content (AvgIpc) is 2.63. The van der Waals surface area contributed by atoms with Gasteiger partial charge in [0.05, 0.1) is 17.7 Å². The van der Waals surface area contributed by atoms with E-state index in [9.17, 15) is 0 Å². The molecule has 0 saturated heterocycles. The van der Waals surface area contributed by atoms with Crippen LogP contribution in [-0.2, 0) is 0 Å². The number of methoxy groups -OCH3 is 1. The van der Waals surface area contributed by atoms with Crippen LogP contribution in [0.25, 0.3) is 10.6 Å². The van der Waals surface area contributed by atoms with Crippen LogP contribution >= 0.6 is 50.5 Å². The van der Waals surface area contributed by atoms with E-state index in [2.05, 4.69) is 20.9 Å². The number of aromatic nitrogens is 1. The summed E-state index contributed by atoms with van der Waals surface area (Å²) in [5.74, 6) is 0.591. The molecule has 0 saturated carbocycles. The van der Waals surface area contributed by atoms with Crippen molar-refractivity contribution in [3.05, 3.63) is 32.2 Å². The zero-order valence-corrected chi connectivity index (χ0v) is 12.0. The second-order valence-corrected chi connectivity index (χ2v) is 5.46. The van der Waals surface area contributed by atoms with Gasteiger partial charge < -0.3 is 4.74 Å². The van der Waals surface area contributed by atoms with E-state index >= 15 is 0 Å². The molecular weight excluding hydrogens is 333 g/mol. The Kier molecular flexibility index (Phi) is 3.74. The van der Waals surface area contributed by atoms with Gasteiger partial charge in [0.2, 0.25) is 0 Å². The van der Waals surface area contributed by atoms with Crippen LogP contribution in [-0.4, -0.2) is 12.1 Å². The molecule has 16 heavy (non-hydrogen) atoms. The lowest BCUT2D eigenvalue weighted by molar-refractivity contribution is 0.416. The Morgan fingerprint density at radius 3 is 2.69 bits per heavy atom. The van der Waals surface area contributed by atoms with E-state index in [4.69, 9.17) is 27.9 Å². The molecule has 6 heteroatoms. The van der Waals surface area contributed by atoms with Crippen molar-refractivity contribution in [1.82, 2.24) is 4.98 Å². The fourth-order valence-electron chi connectivity index (χ4n) is 1.30. The molecule has 0 aliphatic carbocycles. The molecule has 0 spiro atoms. The summed E-state index contributed by atoms with van der Waals surface area (Å²) < 4.78 is 6.04. The quantitative estimate of drug-likeness (QED) is 0.777. The Balaban J connectivity index is 2.63. The zero-order valence-electron chi connectivity index (χ0n) is 8.13. The van der Waals surface area contributed by atoms with Gasteiger partial charge in [-0.05, 0) is 28.1 Å². The maximum atomic E-state index is 6.05. The van der Waals surface area contributed by atoms with E-state index in [1.165, 1.54) is 11.3 Å². The Morgan fingerprint density at radius 1 is 1.38 bits per heavy atom. The monoisotopic (exact) mass is 337 g/mol. The summed E-state index contributed by atoms with van der Waals surface area (Å²) in [5, 5.41) is 3.75. The van der Waals surface area contributed by atoms with Crippen LogP contribution in [0.1, 0.15) is 0 Å². The topological polar surface area (TPSA) is 22.1 Å². The number of ether oxygens (including phenoxy) is 1. The average molecular weight is 339 g/mol. The van der Waals surface area contributed by atoms with Gasteiger partial charge in [0.25, 0.3) is 0 Å². The van der Waals surface area contributed by atoms with Crippen molar-refractivity contribution in [2.75, 3.05) is 7.11 Å². The molecule has 1 aromatic carbocycles. The molecular formula is C10H6BrCl2NOS. The Morgan fingerprint density at radius 2 is 2.12 bits per heavy atom. The highest BCUT2D eigenvalue weighted by Crippen LogP contribution is 2.40. The summed E-state index contributed by atoms with van der Waals surface area (Å²) in [7, 11) is 1.57. The number of thiazole rings is 1. The second-order valence-electron chi connectivity index (χ2n) is 2.94. The van der Waals surface area contributed by atoms with Gasteiger partial charge in [0, 0.05) is 10.4 Å². The van der Waals surface area contributed by atoms with Crippen LogP contribution in [0.3, 0.4) is 0 Å². The van der Waals surface area contributed by atoms with Crippen LogP contribution in [0.2, 0.25) is 10.0 Å². The number of benzene rings is 1. The highest BCUT2D eigenvalue weighted by molar-refractivity contribution is 9.10. The molecule has 0 N–H and O–H groups in total. The van der Waals surface area contributed by atoms with Crippen LogP contribution < -0.4 is 4.74 Å². The molecule has 84 valence electrons. The van der Waals surface area contributed by atoms with Crippen LogP contribution in [0.5, 0.6) is 5.75 Å². The summed E-state index contributed by atoms with van der Waals surface area (Å²) in [4.78, 5) is 4.31. The molecule has 0 atom stereocenters. The molecule has 0 unspecified atom stereocenters. The molecule has 0 radical (unpaired) electrons. The fourth-order valence-corrected chi connectivity index (χ4v) is 3.14.